The number of hydrogen-bond acceptors (Lipinski definition) is 5. The SMILES string of the molecule is CC(C)c1cnc(Cl)nc1N1CCN(C(=O)OCc2ccccc2)CC1. The van der Waals surface area contributed by atoms with Crippen molar-refractivity contribution in [3.8, 4) is 0 Å². The maximum absolute atomic E-state index is 12.3. The molecule has 0 radical (unpaired) electrons. The van der Waals surface area contributed by atoms with E-state index in [0.29, 0.717) is 38.7 Å². The van der Waals surface area contributed by atoms with Gasteiger partial charge in [0.25, 0.3) is 0 Å². The first kappa shape index (κ1) is 18.5. The van der Waals surface area contributed by atoms with Gasteiger partial charge in [-0.3, -0.25) is 0 Å². The van der Waals surface area contributed by atoms with Crippen molar-refractivity contribution in [2.75, 3.05) is 31.1 Å². The molecule has 1 aromatic heterocycles. The molecule has 1 aliphatic heterocycles. The van der Waals surface area contributed by atoms with Gasteiger partial charge in [-0.05, 0) is 23.1 Å². The van der Waals surface area contributed by atoms with Crippen LogP contribution in [0.15, 0.2) is 36.5 Å². The lowest BCUT2D eigenvalue weighted by Gasteiger charge is -2.35. The van der Waals surface area contributed by atoms with Crippen molar-refractivity contribution >= 4 is 23.5 Å². The smallest absolute Gasteiger partial charge is 0.410 e. The van der Waals surface area contributed by atoms with Crippen molar-refractivity contribution in [2.45, 2.75) is 26.4 Å². The molecular formula is C19H23ClN4O2. The molecule has 1 saturated heterocycles. The first-order valence-electron chi connectivity index (χ1n) is 8.77. The van der Waals surface area contributed by atoms with Crippen LogP contribution in [0, 0.1) is 0 Å². The molecule has 1 amide bonds. The average molecular weight is 375 g/mol. The third-order valence-corrected chi connectivity index (χ3v) is 4.61. The van der Waals surface area contributed by atoms with Crippen LogP contribution in [-0.2, 0) is 11.3 Å². The number of amides is 1. The molecular weight excluding hydrogens is 352 g/mol. The van der Waals surface area contributed by atoms with Crippen molar-refractivity contribution in [1.82, 2.24) is 14.9 Å². The molecule has 0 aliphatic carbocycles. The zero-order valence-corrected chi connectivity index (χ0v) is 15.8. The largest absolute Gasteiger partial charge is 0.445 e. The van der Waals surface area contributed by atoms with Gasteiger partial charge in [0.2, 0.25) is 5.28 Å². The maximum atomic E-state index is 12.3. The van der Waals surface area contributed by atoms with Crippen LogP contribution in [0.4, 0.5) is 10.6 Å². The number of halogens is 1. The van der Waals surface area contributed by atoms with Crippen molar-refractivity contribution in [3.63, 3.8) is 0 Å². The van der Waals surface area contributed by atoms with Crippen molar-refractivity contribution < 1.29 is 9.53 Å². The van der Waals surface area contributed by atoms with Crippen LogP contribution in [0.5, 0.6) is 0 Å². The van der Waals surface area contributed by atoms with E-state index in [1.807, 2.05) is 30.3 Å². The number of benzene rings is 1. The van der Waals surface area contributed by atoms with Gasteiger partial charge in [-0.25, -0.2) is 14.8 Å². The second-order valence-electron chi connectivity index (χ2n) is 6.59. The summed E-state index contributed by atoms with van der Waals surface area (Å²) in [6.45, 7) is 7.06. The Labute approximate surface area is 158 Å². The van der Waals surface area contributed by atoms with Crippen LogP contribution >= 0.6 is 11.6 Å². The van der Waals surface area contributed by atoms with Gasteiger partial charge in [-0.15, -0.1) is 0 Å². The zero-order chi connectivity index (χ0) is 18.5. The lowest BCUT2D eigenvalue weighted by atomic mass is 10.1. The number of ether oxygens (including phenoxy) is 1. The number of carbonyl (C=O) groups is 1. The monoisotopic (exact) mass is 374 g/mol. The van der Waals surface area contributed by atoms with Crippen LogP contribution in [0.1, 0.15) is 30.9 Å². The summed E-state index contributed by atoms with van der Waals surface area (Å²) in [7, 11) is 0. The number of nitrogens with zero attached hydrogens (tertiary/aromatic N) is 4. The number of rotatable bonds is 4. The van der Waals surface area contributed by atoms with Gasteiger partial charge in [0.1, 0.15) is 12.4 Å². The molecule has 0 saturated carbocycles. The number of anilines is 1. The summed E-state index contributed by atoms with van der Waals surface area (Å²) in [5, 5.41) is 0.245. The van der Waals surface area contributed by atoms with E-state index < -0.39 is 0 Å². The predicted octanol–water partition coefficient (Wildman–Crippen LogP) is 3.71. The Hall–Kier alpha value is -2.34. The fourth-order valence-electron chi connectivity index (χ4n) is 2.93. The Kier molecular flexibility index (Phi) is 5.93. The summed E-state index contributed by atoms with van der Waals surface area (Å²) in [6.07, 6.45) is 1.51. The van der Waals surface area contributed by atoms with Gasteiger partial charge in [-0.1, -0.05) is 44.2 Å². The Bertz CT molecular complexity index is 746. The average Bonchev–Trinajstić information content (AvgIpc) is 2.66. The van der Waals surface area contributed by atoms with E-state index in [-0.39, 0.29) is 11.4 Å². The van der Waals surface area contributed by atoms with E-state index in [4.69, 9.17) is 16.3 Å². The first-order valence-corrected chi connectivity index (χ1v) is 9.15. The summed E-state index contributed by atoms with van der Waals surface area (Å²) in [4.78, 5) is 24.7. The highest BCUT2D eigenvalue weighted by molar-refractivity contribution is 6.28. The Morgan fingerprint density at radius 3 is 2.54 bits per heavy atom. The second kappa shape index (κ2) is 8.36. The van der Waals surface area contributed by atoms with Gasteiger partial charge in [0.05, 0.1) is 0 Å². The number of piperazine rings is 1. The minimum absolute atomic E-state index is 0.245. The fraction of sp³-hybridized carbons (Fsp3) is 0.421. The van der Waals surface area contributed by atoms with Gasteiger partial charge < -0.3 is 14.5 Å². The fourth-order valence-corrected chi connectivity index (χ4v) is 3.06. The molecule has 1 aromatic carbocycles. The van der Waals surface area contributed by atoms with E-state index in [9.17, 15) is 4.79 Å². The molecule has 2 aromatic rings. The normalized spacial score (nSPS) is 14.6. The molecule has 0 atom stereocenters. The van der Waals surface area contributed by atoms with E-state index >= 15 is 0 Å². The quantitative estimate of drug-likeness (QED) is 0.763. The third kappa shape index (κ3) is 4.43. The summed E-state index contributed by atoms with van der Waals surface area (Å²) in [5.41, 5.74) is 2.05. The van der Waals surface area contributed by atoms with Crippen LogP contribution < -0.4 is 4.90 Å². The predicted molar refractivity (Wildman–Crippen MR) is 102 cm³/mol. The minimum atomic E-state index is -0.279. The number of aromatic nitrogens is 2. The lowest BCUT2D eigenvalue weighted by molar-refractivity contribution is 0.0941. The van der Waals surface area contributed by atoms with Gasteiger partial charge >= 0.3 is 6.09 Å². The van der Waals surface area contributed by atoms with E-state index in [0.717, 1.165) is 16.9 Å². The summed E-state index contributed by atoms with van der Waals surface area (Å²) in [6, 6.07) is 9.69. The number of carbonyl (C=O) groups excluding carboxylic acids is 1. The molecule has 0 N–H and O–H groups in total. The molecule has 1 aliphatic rings. The van der Waals surface area contributed by atoms with Gasteiger partial charge in [0, 0.05) is 37.9 Å². The van der Waals surface area contributed by atoms with Crippen molar-refractivity contribution in [1.29, 1.82) is 0 Å². The molecule has 0 bridgehead atoms. The Morgan fingerprint density at radius 1 is 1.19 bits per heavy atom. The topological polar surface area (TPSA) is 58.6 Å². The lowest BCUT2D eigenvalue weighted by Crippen LogP contribution is -2.49. The standard InChI is InChI=1S/C19H23ClN4O2/c1-14(2)16-12-21-18(20)22-17(16)23-8-10-24(11-9-23)19(25)26-13-15-6-4-3-5-7-15/h3-7,12,14H,8-11,13H2,1-2H3. The Morgan fingerprint density at radius 2 is 1.88 bits per heavy atom. The van der Waals surface area contributed by atoms with E-state index in [2.05, 4.69) is 28.7 Å². The summed E-state index contributed by atoms with van der Waals surface area (Å²) < 4.78 is 5.41. The van der Waals surface area contributed by atoms with Crippen molar-refractivity contribution in [3.05, 3.63) is 52.9 Å². The zero-order valence-electron chi connectivity index (χ0n) is 15.1. The molecule has 3 rings (SSSR count). The Balaban J connectivity index is 1.57. The third-order valence-electron chi connectivity index (χ3n) is 4.43. The van der Waals surface area contributed by atoms with Gasteiger partial charge in [0.15, 0.2) is 0 Å². The van der Waals surface area contributed by atoms with Crippen LogP contribution in [0.3, 0.4) is 0 Å². The molecule has 0 unspecified atom stereocenters. The first-order chi connectivity index (χ1) is 12.5. The second-order valence-corrected chi connectivity index (χ2v) is 6.93. The van der Waals surface area contributed by atoms with Crippen LogP contribution in [0.2, 0.25) is 5.28 Å². The highest BCUT2D eigenvalue weighted by atomic mass is 35.5. The molecule has 7 heteroatoms. The molecule has 26 heavy (non-hydrogen) atoms. The molecule has 6 nitrogen and oxygen atoms in total. The highest BCUT2D eigenvalue weighted by Gasteiger charge is 2.25. The van der Waals surface area contributed by atoms with E-state index in [1.54, 1.807) is 11.1 Å². The van der Waals surface area contributed by atoms with Gasteiger partial charge in [-0.2, -0.15) is 0 Å². The van der Waals surface area contributed by atoms with E-state index in [1.165, 1.54) is 0 Å². The van der Waals surface area contributed by atoms with Crippen LogP contribution in [-0.4, -0.2) is 47.1 Å². The highest BCUT2D eigenvalue weighted by Crippen LogP contribution is 2.27. The van der Waals surface area contributed by atoms with Crippen molar-refractivity contribution in [2.24, 2.45) is 0 Å². The minimum Gasteiger partial charge on any atom is -0.445 e. The molecule has 2 heterocycles. The number of hydrogen-bond donors (Lipinski definition) is 0. The maximum Gasteiger partial charge on any atom is 0.410 e. The van der Waals surface area contributed by atoms with Crippen LogP contribution in [0.25, 0.3) is 0 Å². The molecule has 138 valence electrons. The summed E-state index contributed by atoms with van der Waals surface area (Å²) >= 11 is 5.99. The molecule has 1 fully saturated rings. The molecule has 0 spiro atoms. The summed E-state index contributed by atoms with van der Waals surface area (Å²) in [5.74, 6) is 1.16.